The molecule has 2 heteroatoms. The van der Waals surface area contributed by atoms with Crippen LogP contribution in [0.4, 0.5) is 0 Å². The van der Waals surface area contributed by atoms with Gasteiger partial charge in [-0.25, -0.2) is 0 Å². The fraction of sp³-hybridized carbons (Fsp3) is 0.286. The van der Waals surface area contributed by atoms with Gasteiger partial charge in [0.05, 0.1) is 0 Å². The van der Waals surface area contributed by atoms with Gasteiger partial charge >= 0.3 is 0 Å². The van der Waals surface area contributed by atoms with Crippen LogP contribution < -0.4 is 0 Å². The molecule has 0 nitrogen and oxygen atoms in total. The second kappa shape index (κ2) is 14.2. The molecule has 0 heterocycles. The number of fused-ring (bicyclic) bond motifs is 3. The normalized spacial score (nSPS) is 13.0. The van der Waals surface area contributed by atoms with Crippen molar-refractivity contribution in [2.75, 3.05) is 0 Å². The fourth-order valence-corrected chi connectivity index (χ4v) is 10.2. The van der Waals surface area contributed by atoms with Crippen LogP contribution in [0, 0.1) is 0 Å². The van der Waals surface area contributed by atoms with E-state index in [0.717, 1.165) is 8.95 Å². The quantitative estimate of drug-likeness (QED) is 0.165. The maximum atomic E-state index is 3.99. The van der Waals surface area contributed by atoms with E-state index in [4.69, 9.17) is 0 Å². The molecular formula is C56H56Br2. The lowest BCUT2D eigenvalue weighted by atomic mass is 9.75. The molecule has 8 rings (SSSR count). The Labute approximate surface area is 364 Å². The number of halogens is 2. The molecule has 0 aromatic heterocycles. The molecule has 0 saturated carbocycles. The number of hydrogen-bond donors (Lipinski definition) is 0. The van der Waals surface area contributed by atoms with Gasteiger partial charge in [-0.2, -0.15) is 0 Å². The van der Waals surface area contributed by atoms with Crippen molar-refractivity contribution in [2.45, 2.75) is 105 Å². The maximum absolute atomic E-state index is 3.99. The first-order chi connectivity index (χ1) is 27.1. The average Bonchev–Trinajstić information content (AvgIpc) is 3.49. The summed E-state index contributed by atoms with van der Waals surface area (Å²) < 4.78 is 2.19. The van der Waals surface area contributed by atoms with Gasteiger partial charge in [0.2, 0.25) is 0 Å². The van der Waals surface area contributed by atoms with Gasteiger partial charge in [-0.1, -0.05) is 224 Å². The lowest BCUT2D eigenvalue weighted by Crippen LogP contribution is -2.11. The van der Waals surface area contributed by atoms with Crippen LogP contribution in [-0.4, -0.2) is 0 Å². The third-order valence-electron chi connectivity index (χ3n) is 12.3. The highest BCUT2D eigenvalue weighted by Gasteiger charge is 2.35. The molecule has 0 amide bonds. The highest BCUT2D eigenvalue weighted by molar-refractivity contribution is 9.11. The molecular weight excluding hydrogens is 832 g/mol. The monoisotopic (exact) mass is 886 g/mol. The number of rotatable bonds is 4. The van der Waals surface area contributed by atoms with Crippen LogP contribution in [0.25, 0.3) is 77.5 Å². The van der Waals surface area contributed by atoms with E-state index < -0.39 is 0 Å². The van der Waals surface area contributed by atoms with E-state index in [2.05, 4.69) is 236 Å². The van der Waals surface area contributed by atoms with Crippen LogP contribution in [-0.2, 0) is 21.7 Å². The molecule has 1 aliphatic rings. The molecule has 7 aromatic carbocycles. The summed E-state index contributed by atoms with van der Waals surface area (Å²) in [5.41, 5.74) is 20.6. The lowest BCUT2D eigenvalue weighted by molar-refractivity contribution is 0.590. The smallest absolute Gasteiger partial charge is 0.0265 e. The number of benzene rings is 7. The Morgan fingerprint density at radius 2 is 0.483 bits per heavy atom. The third kappa shape index (κ3) is 7.03. The summed E-state index contributed by atoms with van der Waals surface area (Å²) in [4.78, 5) is 0. The van der Waals surface area contributed by atoms with E-state index in [1.165, 1.54) is 99.8 Å². The van der Waals surface area contributed by atoms with Gasteiger partial charge in [0.1, 0.15) is 0 Å². The van der Waals surface area contributed by atoms with Gasteiger partial charge < -0.3 is 0 Å². The molecule has 0 radical (unpaired) electrons. The molecule has 0 unspecified atom stereocenters. The minimum Gasteiger partial charge on any atom is -0.0579 e. The molecule has 0 saturated heterocycles. The van der Waals surface area contributed by atoms with Gasteiger partial charge in [0.15, 0.2) is 0 Å². The predicted molar refractivity (Wildman–Crippen MR) is 260 cm³/mol. The van der Waals surface area contributed by atoms with E-state index in [1.54, 1.807) is 0 Å². The zero-order valence-corrected chi connectivity index (χ0v) is 39.5. The Bertz CT molecular complexity index is 2510. The van der Waals surface area contributed by atoms with Crippen LogP contribution in [0.1, 0.15) is 105 Å². The van der Waals surface area contributed by atoms with E-state index in [1.807, 2.05) is 0 Å². The van der Waals surface area contributed by atoms with Crippen LogP contribution >= 0.6 is 31.9 Å². The van der Waals surface area contributed by atoms with Crippen molar-refractivity contribution >= 4 is 42.6 Å². The molecule has 0 N–H and O–H groups in total. The first-order valence-electron chi connectivity index (χ1n) is 20.7. The third-order valence-corrected chi connectivity index (χ3v) is 13.6. The Morgan fingerprint density at radius 1 is 0.259 bits per heavy atom. The second-order valence-electron chi connectivity index (χ2n) is 20.5. The summed E-state index contributed by atoms with van der Waals surface area (Å²) in [7, 11) is 0. The Morgan fingerprint density at radius 3 is 0.707 bits per heavy atom. The summed E-state index contributed by atoms with van der Waals surface area (Å²) >= 11 is 7.97. The van der Waals surface area contributed by atoms with Crippen molar-refractivity contribution in [1.82, 2.24) is 0 Å². The van der Waals surface area contributed by atoms with Crippen molar-refractivity contribution in [3.63, 3.8) is 0 Å². The topological polar surface area (TPSA) is 0 Å². The average molecular weight is 889 g/mol. The van der Waals surface area contributed by atoms with Crippen LogP contribution in [0.15, 0.2) is 130 Å². The summed E-state index contributed by atoms with van der Waals surface area (Å²) in [6.07, 6.45) is 0. The molecule has 294 valence electrons. The van der Waals surface area contributed by atoms with Crippen molar-refractivity contribution in [1.29, 1.82) is 0 Å². The van der Waals surface area contributed by atoms with Crippen LogP contribution in [0.3, 0.4) is 0 Å². The molecule has 0 fully saturated rings. The number of hydrogen-bond acceptors (Lipinski definition) is 0. The first kappa shape index (κ1) is 40.5. The Kier molecular flexibility index (Phi) is 9.93. The zero-order valence-electron chi connectivity index (χ0n) is 36.3. The molecule has 58 heavy (non-hydrogen) atoms. The van der Waals surface area contributed by atoms with Gasteiger partial charge in [-0.05, 0) is 128 Å². The van der Waals surface area contributed by atoms with E-state index in [9.17, 15) is 0 Å². The minimum atomic E-state index is 0.0335. The van der Waals surface area contributed by atoms with E-state index >= 15 is 0 Å². The summed E-state index contributed by atoms with van der Waals surface area (Å²) in [6, 6.07) is 47.0. The van der Waals surface area contributed by atoms with Crippen molar-refractivity contribution in [3.05, 3.63) is 153 Å². The van der Waals surface area contributed by atoms with Gasteiger partial charge in [0, 0.05) is 14.3 Å². The lowest BCUT2D eigenvalue weighted by Gasteiger charge is -2.28. The zero-order chi connectivity index (χ0) is 41.7. The van der Waals surface area contributed by atoms with Gasteiger partial charge in [-0.3, -0.25) is 0 Å². The Hall–Kier alpha value is -4.24. The molecule has 7 aromatic rings. The van der Waals surface area contributed by atoms with Gasteiger partial charge in [0.25, 0.3) is 0 Å². The predicted octanol–water partition coefficient (Wildman–Crippen LogP) is 17.9. The van der Waals surface area contributed by atoms with E-state index in [0.29, 0.717) is 0 Å². The maximum Gasteiger partial charge on any atom is 0.0265 e. The summed E-state index contributed by atoms with van der Waals surface area (Å²) in [6.45, 7) is 27.6. The molecule has 0 spiro atoms. The van der Waals surface area contributed by atoms with Crippen LogP contribution in [0.5, 0.6) is 0 Å². The molecule has 0 atom stereocenters. The van der Waals surface area contributed by atoms with Crippen molar-refractivity contribution in [2.24, 2.45) is 0 Å². The van der Waals surface area contributed by atoms with Crippen LogP contribution in [0.2, 0.25) is 0 Å². The molecule has 0 aliphatic heterocycles. The fourth-order valence-electron chi connectivity index (χ4n) is 8.82. The first-order valence-corrected chi connectivity index (χ1v) is 22.3. The van der Waals surface area contributed by atoms with Crippen molar-refractivity contribution in [3.8, 4) is 66.8 Å². The molecule has 0 bridgehead atoms. The minimum absolute atomic E-state index is 0.0335. The van der Waals surface area contributed by atoms with E-state index in [-0.39, 0.29) is 21.7 Å². The standard InChI is InChI=1S/C56H56Br2/c1-53(2,3)37-21-13-33(14-22-37)45-46(34-15-23-38(24-16-34)54(4,5)6)48(36-19-27-40(28-20-36)56(10,11)12)51-42-30-32-44(58)52-43(57)31-29-41(49(42)52)50(51)47(45)35-17-25-39(26-18-35)55(7,8)9/h13-32H,1-12H3. The summed E-state index contributed by atoms with van der Waals surface area (Å²) in [5.74, 6) is 0. The molecule has 1 aliphatic carbocycles. The highest BCUT2D eigenvalue weighted by Crippen LogP contribution is 2.62. The second-order valence-corrected chi connectivity index (χ2v) is 22.2. The Balaban J connectivity index is 1.62. The SMILES string of the molecule is CC(C)(C)c1ccc(-c2c(-c3ccc(C(C)(C)C)cc3)c(-c3ccc(C(C)(C)C)cc3)c3c(c2-c2ccc(C(C)(C)C)cc2)-c2ccc(Br)c4c(Br)ccc-3c24)cc1. The van der Waals surface area contributed by atoms with Gasteiger partial charge in [-0.15, -0.1) is 0 Å². The summed E-state index contributed by atoms with van der Waals surface area (Å²) in [5, 5.41) is 2.49. The highest BCUT2D eigenvalue weighted by atomic mass is 79.9. The van der Waals surface area contributed by atoms with Crippen molar-refractivity contribution < 1.29 is 0 Å². The largest absolute Gasteiger partial charge is 0.0579 e.